The first kappa shape index (κ1) is 26.8. The predicted molar refractivity (Wildman–Crippen MR) is 154 cm³/mol. The molecule has 0 radical (unpaired) electrons. The van der Waals surface area contributed by atoms with Crippen molar-refractivity contribution in [1.29, 1.82) is 0 Å². The summed E-state index contributed by atoms with van der Waals surface area (Å²) in [7, 11) is 3.02. The molecule has 38 heavy (non-hydrogen) atoms. The van der Waals surface area contributed by atoms with Crippen molar-refractivity contribution in [3.63, 3.8) is 0 Å². The van der Waals surface area contributed by atoms with Gasteiger partial charge in [-0.05, 0) is 61.4 Å². The van der Waals surface area contributed by atoms with E-state index in [0.717, 1.165) is 27.3 Å². The molecule has 0 aliphatic heterocycles. The molecule has 0 aliphatic carbocycles. The molecule has 2 N–H and O–H groups in total. The van der Waals surface area contributed by atoms with Gasteiger partial charge >= 0.3 is 0 Å². The van der Waals surface area contributed by atoms with Crippen molar-refractivity contribution >= 4 is 35.0 Å². The molecule has 0 bridgehead atoms. The van der Waals surface area contributed by atoms with Crippen LogP contribution in [0.2, 0.25) is 0 Å². The molecule has 4 rings (SSSR count). The number of nitrogens with one attached hydrogen (secondary N) is 2. The summed E-state index contributed by atoms with van der Waals surface area (Å²) < 4.78 is 10.7. The lowest BCUT2D eigenvalue weighted by atomic mass is 10.1. The van der Waals surface area contributed by atoms with Gasteiger partial charge in [-0.25, -0.2) is 0 Å². The zero-order valence-electron chi connectivity index (χ0n) is 21.8. The second-order valence-electron chi connectivity index (χ2n) is 8.74. The SMILES string of the molecule is COc1cccc(OC)c1C(=O)Nc1cccc(SC(C(=O)Nc2ccc(C)cc2C)c2ccccc2)c1. The van der Waals surface area contributed by atoms with E-state index >= 15 is 0 Å². The largest absolute Gasteiger partial charge is 0.496 e. The topological polar surface area (TPSA) is 76.7 Å². The quantitative estimate of drug-likeness (QED) is 0.229. The van der Waals surface area contributed by atoms with Crippen molar-refractivity contribution in [3.8, 4) is 11.5 Å². The highest BCUT2D eigenvalue weighted by Gasteiger charge is 2.23. The maximum Gasteiger partial charge on any atom is 0.263 e. The zero-order valence-corrected chi connectivity index (χ0v) is 22.6. The molecule has 0 aliphatic rings. The van der Waals surface area contributed by atoms with Crippen LogP contribution in [0.25, 0.3) is 0 Å². The number of benzene rings is 4. The molecule has 0 saturated heterocycles. The minimum absolute atomic E-state index is 0.124. The van der Waals surface area contributed by atoms with Crippen LogP contribution in [-0.2, 0) is 4.79 Å². The standard InChI is InChI=1S/C31H30N2O4S/c1-20-16-17-25(21(2)18-20)33-31(35)29(22-10-6-5-7-11-22)38-24-13-8-12-23(19-24)32-30(34)28-26(36-3)14-9-15-27(28)37-4/h5-19,29H,1-4H3,(H,32,34)(H,33,35). The van der Waals surface area contributed by atoms with Crippen molar-refractivity contribution in [2.24, 2.45) is 0 Å². The average molecular weight is 527 g/mol. The molecule has 194 valence electrons. The third kappa shape index (κ3) is 6.36. The highest BCUT2D eigenvalue weighted by atomic mass is 32.2. The smallest absolute Gasteiger partial charge is 0.263 e. The molecule has 7 heteroatoms. The molecule has 0 saturated carbocycles. The van der Waals surface area contributed by atoms with Crippen LogP contribution >= 0.6 is 11.8 Å². The molecule has 0 spiro atoms. The summed E-state index contributed by atoms with van der Waals surface area (Å²) >= 11 is 1.42. The monoisotopic (exact) mass is 526 g/mol. The van der Waals surface area contributed by atoms with E-state index in [-0.39, 0.29) is 11.8 Å². The Bertz CT molecular complexity index is 1420. The van der Waals surface area contributed by atoms with Gasteiger partial charge in [0.2, 0.25) is 5.91 Å². The van der Waals surface area contributed by atoms with Crippen molar-refractivity contribution in [1.82, 2.24) is 0 Å². The summed E-state index contributed by atoms with van der Waals surface area (Å²) in [6.45, 7) is 4.01. The number of carbonyl (C=O) groups excluding carboxylic acids is 2. The summed E-state index contributed by atoms with van der Waals surface area (Å²) in [5.41, 5.74) is 4.72. The lowest BCUT2D eigenvalue weighted by Gasteiger charge is -2.19. The number of thioether (sulfide) groups is 1. The molecule has 2 amide bonds. The summed E-state index contributed by atoms with van der Waals surface area (Å²) in [5, 5.41) is 5.52. The van der Waals surface area contributed by atoms with Crippen molar-refractivity contribution in [2.75, 3.05) is 24.9 Å². The first-order valence-corrected chi connectivity index (χ1v) is 13.0. The molecule has 0 heterocycles. The molecule has 4 aromatic carbocycles. The number of hydrogen-bond acceptors (Lipinski definition) is 5. The van der Waals surface area contributed by atoms with Gasteiger partial charge in [0.15, 0.2) is 0 Å². The van der Waals surface area contributed by atoms with Crippen LogP contribution < -0.4 is 20.1 Å². The van der Waals surface area contributed by atoms with E-state index in [4.69, 9.17) is 9.47 Å². The normalized spacial score (nSPS) is 11.4. The van der Waals surface area contributed by atoms with Gasteiger partial charge in [0.05, 0.1) is 14.2 Å². The van der Waals surface area contributed by atoms with Crippen molar-refractivity contribution in [2.45, 2.75) is 24.0 Å². The Kier molecular flexibility index (Phi) is 8.71. The van der Waals surface area contributed by atoms with E-state index < -0.39 is 5.25 Å². The number of anilines is 2. The van der Waals surface area contributed by atoms with Crippen LogP contribution in [0, 0.1) is 13.8 Å². The van der Waals surface area contributed by atoms with Gasteiger partial charge in [0, 0.05) is 16.3 Å². The summed E-state index contributed by atoms with van der Waals surface area (Å²) in [6.07, 6.45) is 0. The van der Waals surface area contributed by atoms with Crippen LogP contribution in [0.15, 0.2) is 95.9 Å². The van der Waals surface area contributed by atoms with Gasteiger partial charge < -0.3 is 20.1 Å². The number of rotatable bonds is 9. The molecule has 0 aromatic heterocycles. The van der Waals surface area contributed by atoms with E-state index in [1.807, 2.05) is 80.6 Å². The van der Waals surface area contributed by atoms with Gasteiger partial charge in [-0.1, -0.05) is 60.2 Å². The van der Waals surface area contributed by atoms with Crippen LogP contribution in [0.4, 0.5) is 11.4 Å². The average Bonchev–Trinajstić information content (AvgIpc) is 2.93. The number of amides is 2. The Hall–Kier alpha value is -4.23. The molecule has 1 atom stereocenters. The molecule has 6 nitrogen and oxygen atoms in total. The first-order valence-electron chi connectivity index (χ1n) is 12.1. The van der Waals surface area contributed by atoms with Gasteiger partial charge in [0.1, 0.15) is 22.3 Å². The van der Waals surface area contributed by atoms with Gasteiger partial charge in [-0.3, -0.25) is 9.59 Å². The predicted octanol–water partition coefficient (Wildman–Crippen LogP) is 7.05. The van der Waals surface area contributed by atoms with Gasteiger partial charge in [-0.15, -0.1) is 11.8 Å². The minimum Gasteiger partial charge on any atom is -0.496 e. The fourth-order valence-electron chi connectivity index (χ4n) is 4.10. The van der Waals surface area contributed by atoms with Gasteiger partial charge in [0.25, 0.3) is 5.91 Å². The number of carbonyl (C=O) groups is 2. The molecule has 0 fully saturated rings. The van der Waals surface area contributed by atoms with E-state index in [1.54, 1.807) is 24.3 Å². The lowest BCUT2D eigenvalue weighted by Crippen LogP contribution is -2.19. The number of aryl methyl sites for hydroxylation is 2. The molecule has 4 aromatic rings. The van der Waals surface area contributed by atoms with Crippen LogP contribution in [0.1, 0.15) is 32.3 Å². The maximum atomic E-state index is 13.5. The Balaban J connectivity index is 1.58. The van der Waals surface area contributed by atoms with E-state index in [2.05, 4.69) is 10.6 Å². The number of methoxy groups -OCH3 is 2. The fraction of sp³-hybridized carbons (Fsp3) is 0.161. The van der Waals surface area contributed by atoms with Crippen LogP contribution in [0.5, 0.6) is 11.5 Å². The maximum absolute atomic E-state index is 13.5. The van der Waals surface area contributed by atoms with E-state index in [9.17, 15) is 9.59 Å². The summed E-state index contributed by atoms with van der Waals surface area (Å²) in [4.78, 5) is 27.5. The van der Waals surface area contributed by atoms with Crippen molar-refractivity contribution < 1.29 is 19.1 Å². The highest BCUT2D eigenvalue weighted by molar-refractivity contribution is 8.00. The zero-order chi connectivity index (χ0) is 27.1. The number of hydrogen-bond donors (Lipinski definition) is 2. The molecular formula is C31H30N2O4S. The Morgan fingerprint density at radius 1 is 0.763 bits per heavy atom. The molecule has 1 unspecified atom stereocenters. The lowest BCUT2D eigenvalue weighted by molar-refractivity contribution is -0.115. The highest BCUT2D eigenvalue weighted by Crippen LogP contribution is 2.38. The first-order chi connectivity index (χ1) is 18.4. The number of ether oxygens (including phenoxy) is 2. The summed E-state index contributed by atoms with van der Waals surface area (Å²) in [5.74, 6) is 0.356. The van der Waals surface area contributed by atoms with E-state index in [0.29, 0.717) is 22.7 Å². The van der Waals surface area contributed by atoms with Gasteiger partial charge in [-0.2, -0.15) is 0 Å². The van der Waals surface area contributed by atoms with Crippen molar-refractivity contribution in [3.05, 3.63) is 113 Å². The second-order valence-corrected chi connectivity index (χ2v) is 9.91. The Morgan fingerprint density at radius 3 is 2.11 bits per heavy atom. The third-order valence-electron chi connectivity index (χ3n) is 5.98. The third-order valence-corrected chi connectivity index (χ3v) is 7.23. The fourth-order valence-corrected chi connectivity index (χ4v) is 5.19. The summed E-state index contributed by atoms with van der Waals surface area (Å²) in [6, 6.07) is 28.2. The van der Waals surface area contributed by atoms with E-state index in [1.165, 1.54) is 26.0 Å². The minimum atomic E-state index is -0.503. The Morgan fingerprint density at radius 2 is 1.45 bits per heavy atom. The Labute approximate surface area is 227 Å². The molecular weight excluding hydrogens is 496 g/mol. The van der Waals surface area contributed by atoms with Crippen LogP contribution in [-0.4, -0.2) is 26.0 Å². The second kappa shape index (κ2) is 12.3. The van der Waals surface area contributed by atoms with Crippen LogP contribution in [0.3, 0.4) is 0 Å².